The Hall–Kier alpha value is -4.01. The first-order chi connectivity index (χ1) is 15.9. The molecule has 0 bridgehead atoms. The first kappa shape index (κ1) is 23.6. The zero-order valence-electron chi connectivity index (χ0n) is 18.8. The van der Waals surface area contributed by atoms with Crippen LogP contribution in [0.2, 0.25) is 0 Å². The van der Waals surface area contributed by atoms with Gasteiger partial charge in [-0.2, -0.15) is 0 Å². The number of carbonyl (C=O) groups excluding carboxylic acids is 1. The molecule has 0 aliphatic heterocycles. The summed E-state index contributed by atoms with van der Waals surface area (Å²) in [6.45, 7) is 6.80. The Labute approximate surface area is 191 Å². The van der Waals surface area contributed by atoms with E-state index in [9.17, 15) is 14.9 Å². The third kappa shape index (κ3) is 6.25. The first-order valence-corrected chi connectivity index (χ1v) is 10.5. The highest BCUT2D eigenvalue weighted by molar-refractivity contribution is 5.91. The number of nitro benzene ring substituents is 1. The molecule has 0 atom stereocenters. The minimum Gasteiger partial charge on any atom is -0.490 e. The number of amides is 1. The van der Waals surface area contributed by atoms with Gasteiger partial charge in [-0.1, -0.05) is 12.1 Å². The minimum atomic E-state index is -0.499. The van der Waals surface area contributed by atoms with Crippen molar-refractivity contribution in [3.05, 3.63) is 81.3 Å². The number of nitrogens with zero attached hydrogens (tertiary/aromatic N) is 1. The fourth-order valence-electron chi connectivity index (χ4n) is 3.09. The van der Waals surface area contributed by atoms with Crippen LogP contribution < -0.4 is 19.5 Å². The average molecular weight is 454 g/mol. The second-order valence-corrected chi connectivity index (χ2v) is 7.11. The van der Waals surface area contributed by atoms with E-state index < -0.39 is 10.8 Å². The van der Waals surface area contributed by atoms with Crippen molar-refractivity contribution in [1.29, 1.82) is 0 Å². The summed E-state index contributed by atoms with van der Waals surface area (Å²) in [6, 6.07) is 13.3. The summed E-state index contributed by atoms with van der Waals surface area (Å²) in [4.78, 5) is 23.2. The van der Waals surface area contributed by atoms with Crippen molar-refractivity contribution in [3.8, 4) is 17.2 Å². The van der Waals surface area contributed by atoms with E-state index in [4.69, 9.17) is 18.6 Å². The number of nitrogens with one attached hydrogen (secondary N) is 1. The van der Waals surface area contributed by atoms with Gasteiger partial charge in [-0.15, -0.1) is 0 Å². The summed E-state index contributed by atoms with van der Waals surface area (Å²) in [6.07, 6.45) is 0. The predicted molar refractivity (Wildman–Crippen MR) is 121 cm³/mol. The first-order valence-electron chi connectivity index (χ1n) is 10.5. The Kier molecular flexibility index (Phi) is 7.91. The zero-order valence-corrected chi connectivity index (χ0v) is 18.8. The van der Waals surface area contributed by atoms with Gasteiger partial charge in [-0.25, -0.2) is 0 Å². The molecule has 9 heteroatoms. The molecule has 9 nitrogen and oxygen atoms in total. The lowest BCUT2D eigenvalue weighted by molar-refractivity contribution is -0.386. The van der Waals surface area contributed by atoms with E-state index in [1.807, 2.05) is 32.0 Å². The molecule has 0 unspecified atom stereocenters. The molecular formula is C24H26N2O7. The lowest BCUT2D eigenvalue weighted by atomic mass is 10.2. The van der Waals surface area contributed by atoms with Crippen LogP contribution in [0.5, 0.6) is 17.2 Å². The molecule has 1 amide bonds. The maximum absolute atomic E-state index is 12.5. The van der Waals surface area contributed by atoms with Gasteiger partial charge < -0.3 is 23.9 Å². The van der Waals surface area contributed by atoms with Crippen molar-refractivity contribution in [2.24, 2.45) is 0 Å². The van der Waals surface area contributed by atoms with Gasteiger partial charge >= 0.3 is 5.69 Å². The monoisotopic (exact) mass is 454 g/mol. The Balaban J connectivity index is 1.59. The molecule has 0 aliphatic carbocycles. The minimum absolute atomic E-state index is 0.0478. The second-order valence-electron chi connectivity index (χ2n) is 7.11. The van der Waals surface area contributed by atoms with Crippen molar-refractivity contribution >= 4 is 11.6 Å². The number of hydrogen-bond acceptors (Lipinski definition) is 7. The van der Waals surface area contributed by atoms with Gasteiger partial charge in [0.25, 0.3) is 5.91 Å². The van der Waals surface area contributed by atoms with Crippen LogP contribution in [-0.2, 0) is 13.2 Å². The number of hydrogen-bond donors (Lipinski definition) is 1. The molecular weight excluding hydrogens is 428 g/mol. The van der Waals surface area contributed by atoms with Crippen molar-refractivity contribution in [2.45, 2.75) is 33.9 Å². The van der Waals surface area contributed by atoms with E-state index in [2.05, 4.69) is 5.32 Å². The van der Waals surface area contributed by atoms with E-state index >= 15 is 0 Å². The molecule has 0 spiro atoms. The molecule has 0 fully saturated rings. The summed E-state index contributed by atoms with van der Waals surface area (Å²) in [7, 11) is 0. The highest BCUT2D eigenvalue weighted by Crippen LogP contribution is 2.29. The Morgan fingerprint density at radius 3 is 2.42 bits per heavy atom. The van der Waals surface area contributed by atoms with Crippen molar-refractivity contribution in [2.75, 3.05) is 13.2 Å². The van der Waals surface area contributed by atoms with E-state index in [1.54, 1.807) is 19.1 Å². The maximum atomic E-state index is 12.5. The van der Waals surface area contributed by atoms with Crippen LogP contribution in [0.3, 0.4) is 0 Å². The highest BCUT2D eigenvalue weighted by Gasteiger charge is 2.17. The summed E-state index contributed by atoms with van der Waals surface area (Å²) in [5.41, 5.74) is 1.48. The largest absolute Gasteiger partial charge is 0.490 e. The van der Waals surface area contributed by atoms with E-state index in [1.165, 1.54) is 18.2 Å². The van der Waals surface area contributed by atoms with Gasteiger partial charge in [0.1, 0.15) is 12.4 Å². The molecule has 33 heavy (non-hydrogen) atoms. The van der Waals surface area contributed by atoms with E-state index in [-0.39, 0.29) is 30.3 Å². The maximum Gasteiger partial charge on any atom is 0.311 e. The second kappa shape index (κ2) is 11.0. The quantitative estimate of drug-likeness (QED) is 0.327. The topological polar surface area (TPSA) is 113 Å². The summed E-state index contributed by atoms with van der Waals surface area (Å²) in [5.74, 6) is 1.49. The van der Waals surface area contributed by atoms with Crippen LogP contribution >= 0.6 is 0 Å². The van der Waals surface area contributed by atoms with Gasteiger partial charge in [-0.05, 0) is 62.2 Å². The molecule has 0 saturated carbocycles. The van der Waals surface area contributed by atoms with Gasteiger partial charge in [-0.3, -0.25) is 14.9 Å². The number of carbonyl (C=O) groups is 1. The van der Waals surface area contributed by atoms with Crippen LogP contribution in [0.25, 0.3) is 0 Å². The third-order valence-corrected chi connectivity index (χ3v) is 4.63. The summed E-state index contributed by atoms with van der Waals surface area (Å²) < 4.78 is 22.2. The fraction of sp³-hybridized carbons (Fsp3) is 0.292. The van der Waals surface area contributed by atoms with Gasteiger partial charge in [0.05, 0.1) is 18.1 Å². The average Bonchev–Trinajstić information content (AvgIpc) is 3.27. The molecule has 174 valence electrons. The van der Waals surface area contributed by atoms with Crippen molar-refractivity contribution < 1.29 is 28.3 Å². The molecule has 3 aromatic rings. The lowest BCUT2D eigenvalue weighted by Crippen LogP contribution is -2.22. The Bertz CT molecular complexity index is 1120. The molecule has 1 N–H and O–H groups in total. The molecule has 0 saturated heterocycles. The van der Waals surface area contributed by atoms with E-state index in [0.29, 0.717) is 30.5 Å². The normalized spacial score (nSPS) is 10.5. The van der Waals surface area contributed by atoms with Crippen LogP contribution in [0.4, 0.5) is 5.69 Å². The number of benzene rings is 2. The van der Waals surface area contributed by atoms with Crippen LogP contribution in [0.1, 0.15) is 41.3 Å². The van der Waals surface area contributed by atoms with Crippen LogP contribution in [0, 0.1) is 17.0 Å². The smallest absolute Gasteiger partial charge is 0.311 e. The fourth-order valence-corrected chi connectivity index (χ4v) is 3.09. The molecule has 3 rings (SSSR count). The van der Waals surface area contributed by atoms with E-state index in [0.717, 1.165) is 11.1 Å². The molecule has 1 heterocycles. The van der Waals surface area contributed by atoms with Gasteiger partial charge in [0.15, 0.2) is 23.0 Å². The number of aryl methyl sites for hydroxylation is 1. The van der Waals surface area contributed by atoms with Gasteiger partial charge in [0.2, 0.25) is 0 Å². The molecule has 0 aliphatic rings. The van der Waals surface area contributed by atoms with Crippen LogP contribution in [0.15, 0.2) is 52.9 Å². The Morgan fingerprint density at radius 2 is 1.70 bits per heavy atom. The lowest BCUT2D eigenvalue weighted by Gasteiger charge is -2.12. The summed E-state index contributed by atoms with van der Waals surface area (Å²) in [5, 5.41) is 14.0. The Morgan fingerprint density at radius 1 is 0.970 bits per heavy atom. The molecule has 1 aromatic heterocycles. The third-order valence-electron chi connectivity index (χ3n) is 4.63. The van der Waals surface area contributed by atoms with Gasteiger partial charge in [0, 0.05) is 12.6 Å². The molecule has 2 aromatic carbocycles. The number of furan rings is 1. The highest BCUT2D eigenvalue weighted by atomic mass is 16.6. The van der Waals surface area contributed by atoms with Crippen LogP contribution in [-0.4, -0.2) is 24.0 Å². The number of rotatable bonds is 11. The predicted octanol–water partition coefficient (Wildman–Crippen LogP) is 4.80. The zero-order chi connectivity index (χ0) is 23.8. The number of ether oxygens (including phenoxy) is 3. The van der Waals surface area contributed by atoms with Crippen molar-refractivity contribution in [3.63, 3.8) is 0 Å². The van der Waals surface area contributed by atoms with Crippen molar-refractivity contribution in [1.82, 2.24) is 5.32 Å². The summed E-state index contributed by atoms with van der Waals surface area (Å²) >= 11 is 0. The SMILES string of the molecule is CCOc1ccc(CNC(=O)c2ccc(COc3ccc(C)cc3[N+](=O)[O-])o2)cc1OCC. The number of nitro groups is 1. The standard InChI is InChI=1S/C24H26N2O7/c1-4-30-21-10-7-17(13-23(21)31-5-2)14-25-24(27)22-11-8-18(33-22)15-32-20-9-6-16(3)12-19(20)26(28)29/h6-13H,4-5,14-15H2,1-3H3,(H,25,27). The molecule has 0 radical (unpaired) electrons.